The highest BCUT2D eigenvalue weighted by atomic mass is 16.5. The molecule has 148 valence electrons. The third-order valence-electron chi connectivity index (χ3n) is 6.28. The predicted molar refractivity (Wildman–Crippen MR) is 98.3 cm³/mol. The van der Waals surface area contributed by atoms with Gasteiger partial charge in [0.25, 0.3) is 5.91 Å². The fourth-order valence-corrected chi connectivity index (χ4v) is 4.53. The molecule has 4 heterocycles. The first-order chi connectivity index (χ1) is 13.0. The van der Waals surface area contributed by atoms with Crippen molar-refractivity contribution in [3.8, 4) is 0 Å². The van der Waals surface area contributed by atoms with Gasteiger partial charge in [-0.05, 0) is 25.7 Å². The van der Waals surface area contributed by atoms with Crippen LogP contribution in [0.5, 0.6) is 0 Å². The van der Waals surface area contributed by atoms with Crippen LogP contribution in [0.4, 0.5) is 0 Å². The Balaban J connectivity index is 1.34. The van der Waals surface area contributed by atoms with Crippen LogP contribution in [-0.4, -0.2) is 65.7 Å². The molecule has 0 N–H and O–H groups in total. The number of nitrogens with zero attached hydrogens (tertiary/aromatic N) is 3. The van der Waals surface area contributed by atoms with Gasteiger partial charge >= 0.3 is 0 Å². The van der Waals surface area contributed by atoms with Gasteiger partial charge in [0.15, 0.2) is 5.69 Å². The van der Waals surface area contributed by atoms with Crippen LogP contribution in [0.3, 0.4) is 0 Å². The van der Waals surface area contributed by atoms with Crippen molar-refractivity contribution in [2.75, 3.05) is 32.8 Å². The summed E-state index contributed by atoms with van der Waals surface area (Å²) in [5, 5.41) is 3.94. The topological polar surface area (TPSA) is 75.9 Å². The average Bonchev–Trinajstić information content (AvgIpc) is 3.37. The Kier molecular flexibility index (Phi) is 4.97. The maximum absolute atomic E-state index is 12.7. The molecule has 1 spiro atoms. The number of rotatable bonds is 4. The maximum Gasteiger partial charge on any atom is 0.276 e. The molecule has 0 radical (unpaired) electrons. The van der Waals surface area contributed by atoms with Gasteiger partial charge in [-0.25, -0.2) is 0 Å². The Morgan fingerprint density at radius 2 is 2.15 bits per heavy atom. The van der Waals surface area contributed by atoms with E-state index in [-0.39, 0.29) is 29.3 Å². The highest BCUT2D eigenvalue weighted by molar-refractivity contribution is 5.92. The second-order valence-electron chi connectivity index (χ2n) is 8.65. The Labute approximate surface area is 160 Å². The van der Waals surface area contributed by atoms with Gasteiger partial charge in [0.05, 0.1) is 6.10 Å². The van der Waals surface area contributed by atoms with Gasteiger partial charge in [-0.1, -0.05) is 19.0 Å². The number of carbonyl (C=O) groups excluding carboxylic acids is 2. The molecule has 3 aliphatic heterocycles. The van der Waals surface area contributed by atoms with Gasteiger partial charge in [-0.2, -0.15) is 0 Å². The van der Waals surface area contributed by atoms with Crippen molar-refractivity contribution in [3.05, 3.63) is 17.5 Å². The summed E-state index contributed by atoms with van der Waals surface area (Å²) >= 11 is 0. The molecule has 1 aromatic rings. The number of hydrogen-bond donors (Lipinski definition) is 0. The predicted octanol–water partition coefficient (Wildman–Crippen LogP) is 2.43. The minimum absolute atomic E-state index is 0.0133. The minimum atomic E-state index is -0.0685. The van der Waals surface area contributed by atoms with Crippen molar-refractivity contribution in [2.45, 2.75) is 58.0 Å². The van der Waals surface area contributed by atoms with E-state index < -0.39 is 0 Å². The van der Waals surface area contributed by atoms with Crippen LogP contribution in [0.1, 0.15) is 68.1 Å². The van der Waals surface area contributed by atoms with Crippen LogP contribution in [0.25, 0.3) is 0 Å². The fourth-order valence-electron chi connectivity index (χ4n) is 4.53. The van der Waals surface area contributed by atoms with Gasteiger partial charge in [0.2, 0.25) is 5.91 Å². The lowest BCUT2D eigenvalue weighted by Crippen LogP contribution is -2.44. The molecule has 0 bridgehead atoms. The molecule has 0 saturated carbocycles. The molecule has 1 atom stereocenters. The van der Waals surface area contributed by atoms with E-state index in [2.05, 4.69) is 5.16 Å². The van der Waals surface area contributed by atoms with Gasteiger partial charge in [0, 0.05) is 56.6 Å². The van der Waals surface area contributed by atoms with Crippen molar-refractivity contribution in [3.63, 3.8) is 0 Å². The molecule has 7 heteroatoms. The summed E-state index contributed by atoms with van der Waals surface area (Å²) in [6.45, 7) is 7.70. The standard InChI is InChI=1S/C20H29N3O4/c1-14(2)17-10-16(21-27-17)19(25)22-7-5-20(6-8-22)11-18(24)23(13-20)12-15-4-3-9-26-15/h10,14-15H,3-9,11-13H2,1-2H3. The maximum atomic E-state index is 12.7. The van der Waals surface area contributed by atoms with E-state index >= 15 is 0 Å². The van der Waals surface area contributed by atoms with Gasteiger partial charge < -0.3 is 19.1 Å². The van der Waals surface area contributed by atoms with Crippen LogP contribution < -0.4 is 0 Å². The Hall–Kier alpha value is -1.89. The Bertz CT molecular complexity index is 700. The van der Waals surface area contributed by atoms with Crippen LogP contribution >= 0.6 is 0 Å². The van der Waals surface area contributed by atoms with Crippen LogP contribution in [0.15, 0.2) is 10.6 Å². The monoisotopic (exact) mass is 375 g/mol. The molecule has 4 rings (SSSR count). The van der Waals surface area contributed by atoms with E-state index in [0.717, 1.165) is 51.1 Å². The van der Waals surface area contributed by atoms with Crippen LogP contribution in [0, 0.1) is 5.41 Å². The normalized spacial score (nSPS) is 25.1. The molecule has 1 unspecified atom stereocenters. The van der Waals surface area contributed by atoms with Crippen LogP contribution in [0.2, 0.25) is 0 Å². The third kappa shape index (κ3) is 3.74. The van der Waals surface area contributed by atoms with Gasteiger partial charge in [-0.15, -0.1) is 0 Å². The molecule has 3 aliphatic rings. The summed E-state index contributed by atoms with van der Waals surface area (Å²) in [6, 6.07) is 1.75. The molecule has 3 fully saturated rings. The molecule has 0 aliphatic carbocycles. The second-order valence-corrected chi connectivity index (χ2v) is 8.65. The number of ether oxygens (including phenoxy) is 1. The summed E-state index contributed by atoms with van der Waals surface area (Å²) in [6.07, 6.45) is 4.67. The van der Waals surface area contributed by atoms with Crippen molar-refractivity contribution >= 4 is 11.8 Å². The molecule has 7 nitrogen and oxygen atoms in total. The lowest BCUT2D eigenvalue weighted by molar-refractivity contribution is -0.129. The summed E-state index contributed by atoms with van der Waals surface area (Å²) in [5.74, 6) is 1.12. The van der Waals surface area contributed by atoms with E-state index in [1.165, 1.54) is 0 Å². The number of carbonyl (C=O) groups is 2. The first-order valence-corrected chi connectivity index (χ1v) is 10.1. The van der Waals surface area contributed by atoms with E-state index in [0.29, 0.717) is 25.2 Å². The molecule has 1 aromatic heterocycles. The van der Waals surface area contributed by atoms with Gasteiger partial charge in [0.1, 0.15) is 5.76 Å². The van der Waals surface area contributed by atoms with Crippen molar-refractivity contribution in [1.82, 2.24) is 15.0 Å². The second kappa shape index (κ2) is 7.26. The summed E-state index contributed by atoms with van der Waals surface area (Å²) in [4.78, 5) is 29.0. The SMILES string of the molecule is CC(C)c1cc(C(=O)N2CCC3(CC2)CC(=O)N(CC2CCCO2)C3)no1. The lowest BCUT2D eigenvalue weighted by atomic mass is 9.77. The molecular weight excluding hydrogens is 346 g/mol. The number of piperidine rings is 1. The van der Waals surface area contributed by atoms with E-state index in [1.807, 2.05) is 23.6 Å². The van der Waals surface area contributed by atoms with Crippen molar-refractivity contribution < 1.29 is 18.8 Å². The molecule has 0 aromatic carbocycles. The highest BCUT2D eigenvalue weighted by Gasteiger charge is 2.46. The molecule has 27 heavy (non-hydrogen) atoms. The smallest absolute Gasteiger partial charge is 0.276 e. The largest absolute Gasteiger partial charge is 0.376 e. The fraction of sp³-hybridized carbons (Fsp3) is 0.750. The zero-order valence-electron chi connectivity index (χ0n) is 16.3. The number of hydrogen-bond acceptors (Lipinski definition) is 5. The lowest BCUT2D eigenvalue weighted by Gasteiger charge is -2.38. The number of likely N-dealkylation sites (tertiary alicyclic amines) is 2. The Morgan fingerprint density at radius 1 is 1.37 bits per heavy atom. The summed E-state index contributed by atoms with van der Waals surface area (Å²) in [7, 11) is 0. The number of amides is 2. The molecule has 2 amide bonds. The molecule has 3 saturated heterocycles. The summed E-state index contributed by atoms with van der Waals surface area (Å²) < 4.78 is 11.0. The minimum Gasteiger partial charge on any atom is -0.376 e. The van der Waals surface area contributed by atoms with Crippen molar-refractivity contribution in [1.29, 1.82) is 0 Å². The first-order valence-electron chi connectivity index (χ1n) is 10.1. The summed E-state index contributed by atoms with van der Waals surface area (Å²) in [5.41, 5.74) is 0.400. The van der Waals surface area contributed by atoms with Gasteiger partial charge in [-0.3, -0.25) is 9.59 Å². The third-order valence-corrected chi connectivity index (χ3v) is 6.28. The zero-order chi connectivity index (χ0) is 19.0. The van der Waals surface area contributed by atoms with E-state index in [4.69, 9.17) is 9.26 Å². The zero-order valence-corrected chi connectivity index (χ0v) is 16.3. The first kappa shape index (κ1) is 18.5. The Morgan fingerprint density at radius 3 is 2.78 bits per heavy atom. The van der Waals surface area contributed by atoms with Crippen LogP contribution in [-0.2, 0) is 9.53 Å². The van der Waals surface area contributed by atoms with Crippen molar-refractivity contribution in [2.24, 2.45) is 5.41 Å². The quantitative estimate of drug-likeness (QED) is 0.808. The van der Waals surface area contributed by atoms with E-state index in [1.54, 1.807) is 6.07 Å². The molecular formula is C20H29N3O4. The highest BCUT2D eigenvalue weighted by Crippen LogP contribution is 2.41. The number of aromatic nitrogens is 1. The average molecular weight is 375 g/mol. The van der Waals surface area contributed by atoms with E-state index in [9.17, 15) is 9.59 Å².